The van der Waals surface area contributed by atoms with E-state index >= 15 is 0 Å². The lowest BCUT2D eigenvalue weighted by Crippen LogP contribution is -2.39. The van der Waals surface area contributed by atoms with Crippen molar-refractivity contribution in [1.29, 1.82) is 0 Å². The minimum atomic E-state index is -0.200. The molecule has 0 atom stereocenters. The van der Waals surface area contributed by atoms with E-state index in [9.17, 15) is 9.59 Å². The average molecular weight is 560 g/mol. The van der Waals surface area contributed by atoms with Gasteiger partial charge in [-0.3, -0.25) is 14.6 Å². The van der Waals surface area contributed by atoms with E-state index in [1.54, 1.807) is 11.1 Å². The second-order valence-electron chi connectivity index (χ2n) is 9.87. The Morgan fingerprint density at radius 1 is 1.05 bits per heavy atom. The molecule has 0 aliphatic carbocycles. The van der Waals surface area contributed by atoms with Crippen LogP contribution in [0.2, 0.25) is 5.02 Å². The zero-order valence-electron chi connectivity index (χ0n) is 21.4. The lowest BCUT2D eigenvalue weighted by atomic mass is 9.93. The first-order valence-corrected chi connectivity index (χ1v) is 13.4. The van der Waals surface area contributed by atoms with Gasteiger partial charge in [0.2, 0.25) is 11.9 Å². The number of amides is 2. The normalized spacial score (nSPS) is 15.1. The van der Waals surface area contributed by atoms with Crippen LogP contribution < -0.4 is 16.0 Å². The molecule has 40 heavy (non-hydrogen) atoms. The highest BCUT2D eigenvalue weighted by atomic mass is 35.5. The van der Waals surface area contributed by atoms with Crippen LogP contribution in [0.5, 0.6) is 0 Å². The van der Waals surface area contributed by atoms with Crippen molar-refractivity contribution < 1.29 is 14.2 Å². The number of likely N-dealkylation sites (tertiary alicyclic amines) is 1. The molecule has 5 heterocycles. The van der Waals surface area contributed by atoms with Crippen molar-refractivity contribution in [3.8, 4) is 0 Å². The lowest BCUT2D eigenvalue weighted by Gasteiger charge is -2.31. The molecule has 2 aliphatic heterocycles. The number of carbonyl (C=O) groups excluding carboxylic acids is 2. The second-order valence-corrected chi connectivity index (χ2v) is 10.3. The number of nitrogens with one attached hydrogen (secondary N) is 3. The molecule has 2 amide bonds. The highest BCUT2D eigenvalue weighted by molar-refractivity contribution is 6.32. The highest BCUT2D eigenvalue weighted by Gasteiger charge is 2.27. The van der Waals surface area contributed by atoms with Crippen LogP contribution >= 0.6 is 11.6 Å². The fourth-order valence-electron chi connectivity index (χ4n) is 4.98. The Bertz CT molecular complexity index is 1540. The number of halogens is 1. The maximum atomic E-state index is 13.1. The van der Waals surface area contributed by atoms with Crippen LogP contribution in [0.1, 0.15) is 40.9 Å². The number of aromatic nitrogens is 5. The van der Waals surface area contributed by atoms with Crippen LogP contribution in [0.25, 0.3) is 0 Å². The van der Waals surface area contributed by atoms with Gasteiger partial charge in [0.05, 0.1) is 18.1 Å². The van der Waals surface area contributed by atoms with Gasteiger partial charge in [0.1, 0.15) is 11.2 Å². The van der Waals surface area contributed by atoms with Crippen LogP contribution in [0.4, 0.5) is 28.8 Å². The summed E-state index contributed by atoms with van der Waals surface area (Å²) in [6.45, 7) is 1.12. The molecule has 0 unspecified atom stereocenters. The largest absolute Gasteiger partial charge is 0.339 e. The molecular formula is C27H26ClN9O3. The maximum Gasteiger partial charge on any atom is 0.277 e. The van der Waals surface area contributed by atoms with Crippen LogP contribution in [0.15, 0.2) is 53.7 Å². The zero-order valence-corrected chi connectivity index (χ0v) is 22.2. The van der Waals surface area contributed by atoms with Crippen molar-refractivity contribution in [2.24, 2.45) is 5.92 Å². The summed E-state index contributed by atoms with van der Waals surface area (Å²) < 4.78 is 4.54. The minimum absolute atomic E-state index is 0.0540. The highest BCUT2D eigenvalue weighted by Crippen LogP contribution is 2.30. The van der Waals surface area contributed by atoms with E-state index in [0.29, 0.717) is 42.7 Å². The number of fused-ring (bicyclic) bond motifs is 6. The van der Waals surface area contributed by atoms with Gasteiger partial charge in [0.25, 0.3) is 5.91 Å². The lowest BCUT2D eigenvalue weighted by molar-refractivity contribution is -0.117. The monoisotopic (exact) mass is 559 g/mol. The molecule has 0 saturated carbocycles. The van der Waals surface area contributed by atoms with E-state index in [0.717, 1.165) is 47.5 Å². The fourth-order valence-corrected chi connectivity index (χ4v) is 5.12. The summed E-state index contributed by atoms with van der Waals surface area (Å²) in [6, 6.07) is 7.79. The molecule has 4 aromatic rings. The summed E-state index contributed by atoms with van der Waals surface area (Å²) in [5.74, 6) is 0.797. The summed E-state index contributed by atoms with van der Waals surface area (Å²) in [7, 11) is 0. The number of aryl methyl sites for hydroxylation is 2. The van der Waals surface area contributed by atoms with Crippen molar-refractivity contribution in [3.63, 3.8) is 0 Å². The molecule has 1 aromatic carbocycles. The summed E-state index contributed by atoms with van der Waals surface area (Å²) in [6.07, 6.45) is 9.66. The minimum Gasteiger partial charge on any atom is -0.339 e. The van der Waals surface area contributed by atoms with E-state index in [1.165, 1.54) is 12.4 Å². The van der Waals surface area contributed by atoms with Gasteiger partial charge >= 0.3 is 0 Å². The fraction of sp³-hybridized carbons (Fsp3) is 0.296. The summed E-state index contributed by atoms with van der Waals surface area (Å²) in [4.78, 5) is 40.4. The molecule has 1 saturated heterocycles. The van der Waals surface area contributed by atoms with E-state index < -0.39 is 0 Å². The van der Waals surface area contributed by atoms with Crippen LogP contribution in [0, 0.1) is 5.92 Å². The molecule has 2 aliphatic rings. The Balaban J connectivity index is 1.15. The standard InChI is InChI=1S/C27H26ClN9O3/c28-21-14-30-27-33-20-9-17(12-29-13-20)1-2-18-11-19(32-25(21)35-27)3-4-22(18)34-24(38)10-16-5-7-37(8-6-16)26(39)23-15-31-40-36-23/h3-4,9,11-16H,1-2,5-8,10H2,(H,34,38)(H2,30,32,33,35). The second kappa shape index (κ2) is 11.3. The topological polar surface area (TPSA) is 151 Å². The first-order valence-electron chi connectivity index (χ1n) is 13.0. The van der Waals surface area contributed by atoms with Gasteiger partial charge in [-0.1, -0.05) is 16.8 Å². The van der Waals surface area contributed by atoms with E-state index in [1.807, 2.05) is 30.5 Å². The molecule has 6 bridgehead atoms. The third-order valence-electron chi connectivity index (χ3n) is 7.08. The molecular weight excluding hydrogens is 534 g/mol. The number of rotatable bonds is 4. The number of benzene rings is 1. The molecule has 0 spiro atoms. The van der Waals surface area contributed by atoms with Crippen molar-refractivity contribution in [3.05, 3.63) is 70.9 Å². The summed E-state index contributed by atoms with van der Waals surface area (Å²) >= 11 is 6.36. The van der Waals surface area contributed by atoms with Crippen molar-refractivity contribution in [1.82, 2.24) is 30.2 Å². The Labute approximate surface area is 234 Å². The number of piperidine rings is 1. The summed E-state index contributed by atoms with van der Waals surface area (Å²) in [5.41, 5.74) is 4.54. The van der Waals surface area contributed by atoms with Gasteiger partial charge in [0, 0.05) is 37.1 Å². The molecule has 3 aromatic heterocycles. The average Bonchev–Trinajstić information content (AvgIpc) is 3.50. The first-order chi connectivity index (χ1) is 19.5. The first kappa shape index (κ1) is 25.7. The molecule has 6 rings (SSSR count). The van der Waals surface area contributed by atoms with E-state index in [-0.39, 0.29) is 23.4 Å². The van der Waals surface area contributed by atoms with E-state index in [2.05, 4.69) is 45.8 Å². The van der Waals surface area contributed by atoms with Gasteiger partial charge in [-0.05, 0) is 72.2 Å². The Morgan fingerprint density at radius 2 is 1.93 bits per heavy atom. The Kier molecular flexibility index (Phi) is 7.23. The smallest absolute Gasteiger partial charge is 0.277 e. The zero-order chi connectivity index (χ0) is 27.5. The third kappa shape index (κ3) is 5.86. The van der Waals surface area contributed by atoms with Gasteiger partial charge < -0.3 is 20.9 Å². The molecule has 12 nitrogen and oxygen atoms in total. The van der Waals surface area contributed by atoms with Crippen LogP contribution in [-0.2, 0) is 17.6 Å². The van der Waals surface area contributed by atoms with Gasteiger partial charge in [-0.15, -0.1) is 0 Å². The molecule has 204 valence electrons. The number of anilines is 5. The predicted octanol–water partition coefficient (Wildman–Crippen LogP) is 4.37. The number of pyridine rings is 1. The SMILES string of the molecule is O=C(CC1CCN(C(=O)c2cnon2)CC1)Nc1ccc2cc1CCc1cncc(c1)Nc1ncc(Cl)c(n1)N2. The van der Waals surface area contributed by atoms with Crippen LogP contribution in [-0.4, -0.2) is 55.1 Å². The van der Waals surface area contributed by atoms with Gasteiger partial charge in [-0.25, -0.2) is 9.61 Å². The predicted molar refractivity (Wildman–Crippen MR) is 148 cm³/mol. The van der Waals surface area contributed by atoms with Gasteiger partial charge in [0.15, 0.2) is 11.5 Å². The molecule has 3 N–H and O–H groups in total. The van der Waals surface area contributed by atoms with E-state index in [4.69, 9.17) is 11.6 Å². The maximum absolute atomic E-state index is 13.1. The summed E-state index contributed by atoms with van der Waals surface area (Å²) in [5, 5.41) is 17.1. The van der Waals surface area contributed by atoms with Crippen molar-refractivity contribution in [2.45, 2.75) is 32.1 Å². The number of carbonyl (C=O) groups is 2. The van der Waals surface area contributed by atoms with Crippen molar-refractivity contribution in [2.75, 3.05) is 29.0 Å². The number of nitrogens with zero attached hydrogens (tertiary/aromatic N) is 6. The number of hydrogen-bond donors (Lipinski definition) is 3. The number of hydrogen-bond acceptors (Lipinski definition) is 10. The molecule has 13 heteroatoms. The Morgan fingerprint density at radius 3 is 2.75 bits per heavy atom. The van der Waals surface area contributed by atoms with Gasteiger partial charge in [-0.2, -0.15) is 4.98 Å². The van der Waals surface area contributed by atoms with Crippen LogP contribution in [0.3, 0.4) is 0 Å². The van der Waals surface area contributed by atoms with Crippen molar-refractivity contribution >= 4 is 52.2 Å². The quantitative estimate of drug-likeness (QED) is 0.328. The third-order valence-corrected chi connectivity index (χ3v) is 7.35. The molecule has 0 radical (unpaired) electrons. The molecule has 1 fully saturated rings. The Hall–Kier alpha value is -4.58.